The van der Waals surface area contributed by atoms with Crippen molar-refractivity contribution in [2.24, 2.45) is 0 Å². The summed E-state index contributed by atoms with van der Waals surface area (Å²) in [6, 6.07) is 11.0. The summed E-state index contributed by atoms with van der Waals surface area (Å²) in [5, 5.41) is 9.51. The minimum absolute atomic E-state index is 0.0835. The summed E-state index contributed by atoms with van der Waals surface area (Å²) < 4.78 is 13.2. The molecule has 0 unspecified atom stereocenters. The zero-order valence-electron chi connectivity index (χ0n) is 12.4. The summed E-state index contributed by atoms with van der Waals surface area (Å²) >= 11 is 0. The molecule has 1 fully saturated rings. The van der Waals surface area contributed by atoms with Crippen molar-refractivity contribution in [2.45, 2.75) is 45.1 Å². The van der Waals surface area contributed by atoms with Crippen LogP contribution in [0, 0.1) is 5.82 Å². The molecule has 1 aliphatic carbocycles. The van der Waals surface area contributed by atoms with Crippen molar-refractivity contribution in [3.8, 4) is 11.1 Å². The van der Waals surface area contributed by atoms with Crippen molar-refractivity contribution in [2.75, 3.05) is 0 Å². The van der Waals surface area contributed by atoms with Crippen LogP contribution in [0.4, 0.5) is 4.39 Å². The molecule has 21 heavy (non-hydrogen) atoms. The second-order valence-corrected chi connectivity index (χ2v) is 5.91. The molecular weight excluding hydrogens is 263 g/mol. The van der Waals surface area contributed by atoms with E-state index >= 15 is 0 Å². The Balaban J connectivity index is 2.17. The Morgan fingerprint density at radius 1 is 1.14 bits per heavy atom. The molecule has 0 saturated heterocycles. The molecule has 0 spiro atoms. The maximum atomic E-state index is 13.2. The fraction of sp³-hybridized carbons (Fsp3) is 0.368. The van der Waals surface area contributed by atoms with Gasteiger partial charge >= 0.3 is 0 Å². The van der Waals surface area contributed by atoms with E-state index in [4.69, 9.17) is 0 Å². The normalized spacial score (nSPS) is 14.4. The summed E-state index contributed by atoms with van der Waals surface area (Å²) in [7, 11) is 0. The predicted molar refractivity (Wildman–Crippen MR) is 83.7 cm³/mol. The van der Waals surface area contributed by atoms with E-state index in [0.717, 1.165) is 24.0 Å². The van der Waals surface area contributed by atoms with Crippen molar-refractivity contribution in [3.63, 3.8) is 0 Å². The highest BCUT2D eigenvalue weighted by atomic mass is 19.1. The van der Waals surface area contributed by atoms with E-state index in [2.05, 4.69) is 19.1 Å². The minimum atomic E-state index is -0.198. The van der Waals surface area contributed by atoms with E-state index in [1.165, 1.54) is 41.7 Å². The molecule has 1 aliphatic rings. The topological polar surface area (TPSA) is 20.2 Å². The lowest BCUT2D eigenvalue weighted by atomic mass is 9.88. The Kier molecular flexibility index (Phi) is 4.07. The number of hydrogen-bond donors (Lipinski definition) is 1. The second kappa shape index (κ2) is 5.98. The monoisotopic (exact) mass is 284 g/mol. The highest BCUT2D eigenvalue weighted by Crippen LogP contribution is 2.46. The molecular formula is C19H21FO. The average Bonchev–Trinajstić information content (AvgIpc) is 3.32. The lowest BCUT2D eigenvalue weighted by molar-refractivity contribution is 0.281. The zero-order chi connectivity index (χ0) is 14.8. The number of halogens is 1. The van der Waals surface area contributed by atoms with Crippen LogP contribution in [0.2, 0.25) is 0 Å². The van der Waals surface area contributed by atoms with Gasteiger partial charge in [0.1, 0.15) is 5.82 Å². The van der Waals surface area contributed by atoms with Gasteiger partial charge in [-0.3, -0.25) is 0 Å². The van der Waals surface area contributed by atoms with Gasteiger partial charge in [0.2, 0.25) is 0 Å². The number of aliphatic hydroxyl groups excluding tert-OH is 1. The molecule has 2 heteroatoms. The van der Waals surface area contributed by atoms with Crippen LogP contribution in [-0.4, -0.2) is 5.11 Å². The summed E-state index contributed by atoms with van der Waals surface area (Å²) in [4.78, 5) is 0. The van der Waals surface area contributed by atoms with E-state index in [-0.39, 0.29) is 12.4 Å². The Labute approximate surface area is 125 Å². The molecule has 0 atom stereocenters. The molecule has 2 aromatic rings. The van der Waals surface area contributed by atoms with Crippen molar-refractivity contribution in [1.29, 1.82) is 0 Å². The quantitative estimate of drug-likeness (QED) is 0.835. The fourth-order valence-corrected chi connectivity index (χ4v) is 3.04. The van der Waals surface area contributed by atoms with E-state index in [0.29, 0.717) is 5.92 Å². The van der Waals surface area contributed by atoms with Gasteiger partial charge in [-0.15, -0.1) is 0 Å². The van der Waals surface area contributed by atoms with Crippen molar-refractivity contribution >= 4 is 0 Å². The highest BCUT2D eigenvalue weighted by molar-refractivity contribution is 5.73. The Hall–Kier alpha value is -1.67. The average molecular weight is 284 g/mol. The second-order valence-electron chi connectivity index (χ2n) is 5.91. The zero-order valence-corrected chi connectivity index (χ0v) is 12.4. The standard InChI is InChI=1S/C19H21FO/c1-2-3-16-10-13(12-21)11-18(14-4-5-14)19(16)15-6-8-17(20)9-7-15/h6-11,14,21H,2-5,12H2,1H3. The van der Waals surface area contributed by atoms with Gasteiger partial charge in [-0.1, -0.05) is 37.6 Å². The third-order valence-corrected chi connectivity index (χ3v) is 4.16. The van der Waals surface area contributed by atoms with Crippen LogP contribution in [0.3, 0.4) is 0 Å². The Morgan fingerprint density at radius 3 is 2.43 bits per heavy atom. The van der Waals surface area contributed by atoms with Gasteiger partial charge in [-0.25, -0.2) is 4.39 Å². The van der Waals surface area contributed by atoms with E-state index in [1.807, 2.05) is 12.1 Å². The van der Waals surface area contributed by atoms with Gasteiger partial charge in [-0.05, 0) is 65.1 Å². The first-order valence-corrected chi connectivity index (χ1v) is 7.75. The molecule has 2 aromatic carbocycles. The smallest absolute Gasteiger partial charge is 0.123 e. The molecule has 0 bridgehead atoms. The van der Waals surface area contributed by atoms with Gasteiger partial charge in [0.15, 0.2) is 0 Å². The Morgan fingerprint density at radius 2 is 1.86 bits per heavy atom. The van der Waals surface area contributed by atoms with Crippen LogP contribution < -0.4 is 0 Å². The Bertz CT molecular complexity index is 627. The molecule has 110 valence electrons. The lowest BCUT2D eigenvalue weighted by Crippen LogP contribution is -1.99. The van der Waals surface area contributed by atoms with Crippen LogP contribution in [0.15, 0.2) is 36.4 Å². The van der Waals surface area contributed by atoms with Gasteiger partial charge < -0.3 is 5.11 Å². The third kappa shape index (κ3) is 3.01. The molecule has 1 N–H and O–H groups in total. The fourth-order valence-electron chi connectivity index (χ4n) is 3.04. The van der Waals surface area contributed by atoms with Gasteiger partial charge in [0.25, 0.3) is 0 Å². The van der Waals surface area contributed by atoms with Crippen LogP contribution in [0.5, 0.6) is 0 Å². The molecule has 1 nitrogen and oxygen atoms in total. The SMILES string of the molecule is CCCc1cc(CO)cc(C2CC2)c1-c1ccc(F)cc1. The minimum Gasteiger partial charge on any atom is -0.392 e. The van der Waals surface area contributed by atoms with E-state index in [1.54, 1.807) is 0 Å². The first-order chi connectivity index (χ1) is 10.2. The van der Waals surface area contributed by atoms with Gasteiger partial charge in [-0.2, -0.15) is 0 Å². The molecule has 0 radical (unpaired) electrons. The molecule has 0 aliphatic heterocycles. The van der Waals surface area contributed by atoms with Crippen molar-refractivity contribution in [1.82, 2.24) is 0 Å². The summed E-state index contributed by atoms with van der Waals surface area (Å²) in [6.07, 6.45) is 4.48. The first kappa shape index (κ1) is 14.3. The van der Waals surface area contributed by atoms with Crippen LogP contribution in [0.1, 0.15) is 48.8 Å². The molecule has 0 amide bonds. The van der Waals surface area contributed by atoms with Crippen LogP contribution in [-0.2, 0) is 13.0 Å². The van der Waals surface area contributed by atoms with Crippen molar-refractivity contribution in [3.05, 3.63) is 58.9 Å². The number of aliphatic hydroxyl groups is 1. The number of hydrogen-bond acceptors (Lipinski definition) is 1. The largest absolute Gasteiger partial charge is 0.392 e. The molecule has 0 heterocycles. The summed E-state index contributed by atoms with van der Waals surface area (Å²) in [6.45, 7) is 2.25. The van der Waals surface area contributed by atoms with E-state index in [9.17, 15) is 9.50 Å². The molecule has 0 aromatic heterocycles. The number of benzene rings is 2. The van der Waals surface area contributed by atoms with Gasteiger partial charge in [0, 0.05) is 0 Å². The molecule has 3 rings (SSSR count). The van der Waals surface area contributed by atoms with Crippen LogP contribution >= 0.6 is 0 Å². The third-order valence-electron chi connectivity index (χ3n) is 4.16. The maximum Gasteiger partial charge on any atom is 0.123 e. The first-order valence-electron chi connectivity index (χ1n) is 7.75. The predicted octanol–water partition coefficient (Wildman–Crippen LogP) is 4.81. The number of rotatable bonds is 5. The van der Waals surface area contributed by atoms with Crippen molar-refractivity contribution < 1.29 is 9.50 Å². The maximum absolute atomic E-state index is 13.2. The lowest BCUT2D eigenvalue weighted by Gasteiger charge is -2.17. The summed E-state index contributed by atoms with van der Waals surface area (Å²) in [5.74, 6) is 0.405. The molecule has 1 saturated carbocycles. The van der Waals surface area contributed by atoms with Crippen LogP contribution in [0.25, 0.3) is 11.1 Å². The summed E-state index contributed by atoms with van der Waals surface area (Å²) in [5.41, 5.74) is 5.95. The van der Waals surface area contributed by atoms with E-state index < -0.39 is 0 Å². The number of aryl methyl sites for hydroxylation is 1. The van der Waals surface area contributed by atoms with Gasteiger partial charge in [0.05, 0.1) is 6.61 Å². The highest BCUT2D eigenvalue weighted by Gasteiger charge is 2.28.